The van der Waals surface area contributed by atoms with Crippen molar-refractivity contribution in [3.63, 3.8) is 0 Å². The summed E-state index contributed by atoms with van der Waals surface area (Å²) in [5.41, 5.74) is 8.92. The van der Waals surface area contributed by atoms with Crippen LogP contribution in [0.4, 0.5) is 0 Å². The molecule has 5 aliphatic carbocycles. The molecule has 0 unspecified atom stereocenters. The highest BCUT2D eigenvalue weighted by Crippen LogP contribution is 2.75. The second-order valence-corrected chi connectivity index (χ2v) is 16.0. The Morgan fingerprint density at radius 2 is 1.77 bits per heavy atom. The number of allylic oxidation sites excluding steroid dienone is 3. The van der Waals surface area contributed by atoms with Gasteiger partial charge in [0.15, 0.2) is 0 Å². The number of terminal acetylenes is 1. The van der Waals surface area contributed by atoms with Crippen LogP contribution < -0.4 is 0 Å². The summed E-state index contributed by atoms with van der Waals surface area (Å²) in [6.07, 6.45) is 20.6. The molecule has 0 spiro atoms. The van der Waals surface area contributed by atoms with Crippen molar-refractivity contribution in [2.24, 2.45) is 45.8 Å². The van der Waals surface area contributed by atoms with Crippen LogP contribution in [0.25, 0.3) is 10.9 Å². The summed E-state index contributed by atoms with van der Waals surface area (Å²) < 4.78 is 2.51. The van der Waals surface area contributed by atoms with Gasteiger partial charge in [0, 0.05) is 22.0 Å². The number of nitrogens with zero attached hydrogens (tertiary/aromatic N) is 1. The fraction of sp³-hybridized carbons (Fsp3) is 0.641. The SMILES string of the molecule is C#CCn1c2c(c3ccccc31)C[C@]1(C)[C@H]3CC[C@@H]4[C@@H]5C(=CCC[C@H]5C(=C)C)CC[C@@]4(C)[C@]3(C)CC[C@H]1C2(C)C. The average molecular weight is 534 g/mol. The minimum atomic E-state index is 0.105. The van der Waals surface area contributed by atoms with Crippen LogP contribution in [0.1, 0.15) is 104 Å². The standard InChI is InChI=1S/C39H51N/c1-9-23-40-31-16-11-10-14-28(31)29-24-37(6)32(36(4,5)35(29)40)20-22-39(8)33(37)18-17-30-34-26(19-21-38(30,39)7)13-12-15-27(34)25(2)3/h1,10-11,13-14,16,27,30,32-34H,2,12,15,17-24H2,3-8H3/t27-,30+,32-,33+,34+,37-,38+,39+/m0/s1. The molecule has 0 aliphatic heterocycles. The first-order valence-corrected chi connectivity index (χ1v) is 16.4. The number of aromatic nitrogens is 1. The van der Waals surface area contributed by atoms with E-state index in [4.69, 9.17) is 6.42 Å². The zero-order valence-corrected chi connectivity index (χ0v) is 26.1. The molecule has 0 saturated heterocycles. The lowest BCUT2D eigenvalue weighted by Crippen LogP contribution is -2.65. The highest BCUT2D eigenvalue weighted by Gasteiger charge is 2.68. The van der Waals surface area contributed by atoms with Gasteiger partial charge in [-0.3, -0.25) is 0 Å². The molecule has 1 aromatic carbocycles. The van der Waals surface area contributed by atoms with Gasteiger partial charge in [0.2, 0.25) is 0 Å². The fourth-order valence-electron chi connectivity index (χ4n) is 12.7. The van der Waals surface area contributed by atoms with Gasteiger partial charge in [-0.25, -0.2) is 0 Å². The van der Waals surface area contributed by atoms with E-state index >= 15 is 0 Å². The predicted molar refractivity (Wildman–Crippen MR) is 169 cm³/mol. The topological polar surface area (TPSA) is 4.93 Å². The highest BCUT2D eigenvalue weighted by molar-refractivity contribution is 5.86. The third-order valence-corrected chi connectivity index (χ3v) is 14.3. The number of hydrogen-bond donors (Lipinski definition) is 0. The van der Waals surface area contributed by atoms with Crippen LogP contribution in [-0.2, 0) is 18.4 Å². The summed E-state index contributed by atoms with van der Waals surface area (Å²) in [7, 11) is 0. The average Bonchev–Trinajstić information content (AvgIpc) is 3.22. The quantitative estimate of drug-likeness (QED) is 0.267. The van der Waals surface area contributed by atoms with Crippen molar-refractivity contribution in [3.05, 3.63) is 59.3 Å². The van der Waals surface area contributed by atoms with Crippen LogP contribution in [0.3, 0.4) is 0 Å². The molecular formula is C39H51N. The van der Waals surface area contributed by atoms with Gasteiger partial charge >= 0.3 is 0 Å². The molecule has 0 amide bonds. The van der Waals surface area contributed by atoms with Crippen LogP contribution in [0.2, 0.25) is 0 Å². The summed E-state index contributed by atoms with van der Waals surface area (Å²) >= 11 is 0. The Balaban J connectivity index is 1.35. The Morgan fingerprint density at radius 3 is 2.52 bits per heavy atom. The van der Waals surface area contributed by atoms with Gasteiger partial charge in [0.25, 0.3) is 0 Å². The molecule has 212 valence electrons. The van der Waals surface area contributed by atoms with Gasteiger partial charge in [-0.05, 0) is 122 Å². The maximum absolute atomic E-state index is 5.97. The second-order valence-electron chi connectivity index (χ2n) is 16.0. The van der Waals surface area contributed by atoms with Gasteiger partial charge in [0.05, 0.1) is 6.54 Å². The molecule has 1 nitrogen and oxygen atoms in total. The molecule has 1 aromatic heterocycles. The summed E-state index contributed by atoms with van der Waals surface area (Å²) in [6, 6.07) is 9.10. The maximum Gasteiger partial charge on any atom is 0.0838 e. The molecule has 40 heavy (non-hydrogen) atoms. The molecule has 8 atom stereocenters. The van der Waals surface area contributed by atoms with E-state index in [9.17, 15) is 0 Å². The van der Waals surface area contributed by atoms with Crippen LogP contribution in [0.15, 0.2) is 48.1 Å². The van der Waals surface area contributed by atoms with Crippen LogP contribution in [-0.4, -0.2) is 4.57 Å². The summed E-state index contributed by atoms with van der Waals surface area (Å²) in [6.45, 7) is 20.9. The van der Waals surface area contributed by atoms with Crippen molar-refractivity contribution >= 4 is 10.9 Å². The zero-order chi connectivity index (χ0) is 28.2. The smallest absolute Gasteiger partial charge is 0.0838 e. The van der Waals surface area contributed by atoms with Crippen molar-refractivity contribution in [1.29, 1.82) is 0 Å². The Kier molecular flexibility index (Phi) is 5.78. The van der Waals surface area contributed by atoms with Gasteiger partial charge < -0.3 is 4.57 Å². The molecule has 5 aliphatic rings. The first-order chi connectivity index (χ1) is 19.0. The van der Waals surface area contributed by atoms with Crippen molar-refractivity contribution in [2.75, 3.05) is 0 Å². The third-order valence-electron chi connectivity index (χ3n) is 14.3. The lowest BCUT2D eigenvalue weighted by molar-refractivity contribution is -0.206. The van der Waals surface area contributed by atoms with Gasteiger partial charge in [-0.2, -0.15) is 0 Å². The molecule has 0 radical (unpaired) electrons. The minimum absolute atomic E-state index is 0.105. The molecule has 7 rings (SSSR count). The molecule has 0 bridgehead atoms. The molecule has 1 heterocycles. The number of hydrogen-bond acceptors (Lipinski definition) is 0. The summed E-state index contributed by atoms with van der Waals surface area (Å²) in [5.74, 6) is 6.69. The Labute approximate surface area is 243 Å². The first-order valence-electron chi connectivity index (χ1n) is 16.4. The van der Waals surface area contributed by atoms with Crippen molar-refractivity contribution in [2.45, 2.75) is 111 Å². The van der Waals surface area contributed by atoms with Gasteiger partial charge in [0.1, 0.15) is 0 Å². The molecule has 0 N–H and O–H groups in total. The summed E-state index contributed by atoms with van der Waals surface area (Å²) in [4.78, 5) is 0. The maximum atomic E-state index is 5.97. The third kappa shape index (κ3) is 3.18. The van der Waals surface area contributed by atoms with Crippen LogP contribution in [0.5, 0.6) is 0 Å². The van der Waals surface area contributed by atoms with Gasteiger partial charge in [-0.15, -0.1) is 6.42 Å². The predicted octanol–water partition coefficient (Wildman–Crippen LogP) is 9.89. The number of benzene rings is 1. The minimum Gasteiger partial charge on any atom is -0.332 e. The molecule has 1 heteroatoms. The van der Waals surface area contributed by atoms with Crippen molar-refractivity contribution in [1.82, 2.24) is 4.57 Å². The van der Waals surface area contributed by atoms with Gasteiger partial charge in [-0.1, -0.05) is 82.5 Å². The zero-order valence-electron chi connectivity index (χ0n) is 26.1. The molecular weight excluding hydrogens is 482 g/mol. The molecule has 3 fully saturated rings. The molecule has 2 aromatic rings. The second kappa shape index (κ2) is 8.66. The van der Waals surface area contributed by atoms with E-state index in [1.165, 1.54) is 80.0 Å². The van der Waals surface area contributed by atoms with Crippen molar-refractivity contribution < 1.29 is 0 Å². The van der Waals surface area contributed by atoms with E-state index in [1.54, 1.807) is 11.1 Å². The Hall–Kier alpha value is -2.20. The van der Waals surface area contributed by atoms with E-state index in [-0.39, 0.29) is 5.41 Å². The fourth-order valence-corrected chi connectivity index (χ4v) is 12.7. The van der Waals surface area contributed by atoms with E-state index in [1.807, 2.05) is 0 Å². The van der Waals surface area contributed by atoms with E-state index in [2.05, 4.69) is 89.0 Å². The van der Waals surface area contributed by atoms with Crippen LogP contribution in [0, 0.1) is 58.2 Å². The van der Waals surface area contributed by atoms with Crippen molar-refractivity contribution in [3.8, 4) is 12.3 Å². The largest absolute Gasteiger partial charge is 0.332 e. The van der Waals surface area contributed by atoms with Crippen LogP contribution >= 0.6 is 0 Å². The lowest BCUT2D eigenvalue weighted by atomic mass is 9.33. The molecule has 3 saturated carbocycles. The number of para-hydroxylation sites is 1. The first kappa shape index (κ1) is 26.7. The normalized spacial score (nSPS) is 41.4. The van der Waals surface area contributed by atoms with E-state index in [0.717, 1.165) is 17.8 Å². The Morgan fingerprint density at radius 1 is 1.00 bits per heavy atom. The highest BCUT2D eigenvalue weighted by atomic mass is 15.0. The van der Waals surface area contributed by atoms with E-state index < -0.39 is 0 Å². The van der Waals surface area contributed by atoms with E-state index in [0.29, 0.717) is 34.6 Å². The number of rotatable bonds is 2. The summed E-state index contributed by atoms with van der Waals surface area (Å²) in [5, 5.41) is 1.45. The lowest BCUT2D eigenvalue weighted by Gasteiger charge is -2.72. The Bertz CT molecular complexity index is 1460. The number of fused-ring (bicyclic) bond motifs is 10. The monoisotopic (exact) mass is 533 g/mol.